The van der Waals surface area contributed by atoms with Gasteiger partial charge in [0.2, 0.25) is 0 Å². The molecular weight excluding hydrogens is 731 g/mol. The zero-order valence-corrected chi connectivity index (χ0v) is 41.2. The molecule has 0 spiro atoms. The fraction of sp³-hybridized carbons (Fsp3) is 0.964. The molecule has 6 unspecified atom stereocenters. The van der Waals surface area contributed by atoms with Crippen molar-refractivity contribution in [2.24, 2.45) is 51.4 Å². The van der Waals surface area contributed by atoms with Gasteiger partial charge in [0.1, 0.15) is 0 Å². The first kappa shape index (κ1) is 50.3. The number of nitrogens with one attached hydrogen (secondary N) is 1. The summed E-state index contributed by atoms with van der Waals surface area (Å²) in [7, 11) is 0. The van der Waals surface area contributed by atoms with E-state index < -0.39 is 0 Å². The number of nitrogens with zero attached hydrogens (tertiary/aromatic N) is 2. The van der Waals surface area contributed by atoms with Crippen LogP contribution in [0.3, 0.4) is 0 Å². The summed E-state index contributed by atoms with van der Waals surface area (Å²) >= 11 is 0. The van der Waals surface area contributed by atoms with E-state index in [2.05, 4.69) is 46.9 Å². The molecule has 0 aromatic rings. The SMILES string of the molecule is CCCCCCCCCCCCCCCCCCCCOC1C(C2CCCCC2)CC(N=C(C)C2CCCC(C(C)=NC3C(C)CC(C)CC3C)N2)CC1C1CCCCC1. The highest BCUT2D eigenvalue weighted by molar-refractivity contribution is 5.91. The number of unbranched alkanes of at least 4 members (excludes halogenated alkanes) is 17. The van der Waals surface area contributed by atoms with Crippen LogP contribution in [0.5, 0.6) is 0 Å². The van der Waals surface area contributed by atoms with E-state index in [0.29, 0.717) is 53.9 Å². The van der Waals surface area contributed by atoms with Crippen LogP contribution in [-0.2, 0) is 4.74 Å². The van der Waals surface area contributed by atoms with Gasteiger partial charge in [0.05, 0.1) is 18.2 Å². The highest BCUT2D eigenvalue weighted by Gasteiger charge is 2.45. The van der Waals surface area contributed by atoms with E-state index in [1.807, 2.05) is 0 Å². The lowest BCUT2D eigenvalue weighted by molar-refractivity contribution is -0.0951. The maximum Gasteiger partial charge on any atom is 0.0638 e. The molecule has 5 rings (SSSR count). The molecule has 1 saturated heterocycles. The maximum atomic E-state index is 7.26. The molecule has 4 nitrogen and oxygen atoms in total. The third-order valence-electron chi connectivity index (χ3n) is 17.1. The second kappa shape index (κ2) is 28.9. The van der Waals surface area contributed by atoms with Crippen LogP contribution in [0, 0.1) is 41.4 Å². The number of hydrogen-bond acceptors (Lipinski definition) is 4. The summed E-state index contributed by atoms with van der Waals surface area (Å²) in [6.45, 7) is 15.4. The van der Waals surface area contributed by atoms with Gasteiger partial charge in [0.25, 0.3) is 0 Å². The Morgan fingerprint density at radius 1 is 0.483 bits per heavy atom. The Morgan fingerprint density at radius 2 is 0.900 bits per heavy atom. The van der Waals surface area contributed by atoms with Crippen molar-refractivity contribution in [3.05, 3.63) is 0 Å². The molecule has 4 heteroatoms. The minimum Gasteiger partial charge on any atom is -0.378 e. The largest absolute Gasteiger partial charge is 0.378 e. The smallest absolute Gasteiger partial charge is 0.0638 e. The van der Waals surface area contributed by atoms with Crippen LogP contribution < -0.4 is 5.32 Å². The van der Waals surface area contributed by atoms with Gasteiger partial charge in [-0.05, 0) is 107 Å². The van der Waals surface area contributed by atoms with Crippen molar-refractivity contribution in [1.82, 2.24) is 5.32 Å². The normalized spacial score (nSPS) is 33.0. The van der Waals surface area contributed by atoms with Gasteiger partial charge in [-0.15, -0.1) is 0 Å². The first-order valence-corrected chi connectivity index (χ1v) is 27.8. The first-order chi connectivity index (χ1) is 29.3. The number of piperidine rings is 1. The van der Waals surface area contributed by atoms with Crippen molar-refractivity contribution in [2.75, 3.05) is 6.61 Å². The topological polar surface area (TPSA) is 46.0 Å². The standard InChI is InChI=1S/C56H103N3O/c1-7-8-9-10-11-12-13-14-15-16-17-18-19-20-21-22-23-30-38-60-56-51(48-32-26-24-27-33-48)41-50(42-52(56)49-34-28-25-29-35-49)57-46(5)53-36-31-37-54(59-53)47(6)58-55-44(3)39-43(2)40-45(55)4/h43-45,48-56,59H,7-42H2,1-6H3. The Hall–Kier alpha value is -0.740. The summed E-state index contributed by atoms with van der Waals surface area (Å²) in [6.07, 6.45) is 49.5. The Bertz CT molecular complexity index is 1130. The average Bonchev–Trinajstić information content (AvgIpc) is 3.26. The lowest BCUT2D eigenvalue weighted by atomic mass is 9.62. The van der Waals surface area contributed by atoms with Crippen molar-refractivity contribution < 1.29 is 4.74 Å². The molecule has 0 radical (unpaired) electrons. The molecule has 4 saturated carbocycles. The molecule has 0 aromatic carbocycles. The molecule has 348 valence electrons. The Kier molecular flexibility index (Phi) is 24.2. The van der Waals surface area contributed by atoms with Gasteiger partial charge in [-0.25, -0.2) is 0 Å². The zero-order chi connectivity index (χ0) is 42.4. The lowest BCUT2D eigenvalue weighted by Gasteiger charge is -2.48. The van der Waals surface area contributed by atoms with Gasteiger partial charge in [-0.1, -0.05) is 201 Å². The van der Waals surface area contributed by atoms with E-state index in [1.54, 1.807) is 0 Å². The zero-order valence-electron chi connectivity index (χ0n) is 41.2. The van der Waals surface area contributed by atoms with E-state index in [9.17, 15) is 0 Å². The lowest BCUT2D eigenvalue weighted by Crippen LogP contribution is -2.50. The number of rotatable bonds is 26. The number of ether oxygens (including phenoxy) is 1. The summed E-state index contributed by atoms with van der Waals surface area (Å²) in [4.78, 5) is 11.2. The Balaban J connectivity index is 1.08. The van der Waals surface area contributed by atoms with Crippen LogP contribution in [0.1, 0.15) is 266 Å². The van der Waals surface area contributed by atoms with Crippen LogP contribution in [0.25, 0.3) is 0 Å². The summed E-state index contributed by atoms with van der Waals surface area (Å²) in [5, 5.41) is 4.12. The van der Waals surface area contributed by atoms with Gasteiger partial charge in [-0.3, -0.25) is 9.98 Å². The maximum absolute atomic E-state index is 7.26. The van der Waals surface area contributed by atoms with E-state index in [-0.39, 0.29) is 0 Å². The monoisotopic (exact) mass is 834 g/mol. The summed E-state index contributed by atoms with van der Waals surface area (Å²) < 4.78 is 7.26. The predicted molar refractivity (Wildman–Crippen MR) is 263 cm³/mol. The molecule has 5 fully saturated rings. The van der Waals surface area contributed by atoms with Crippen molar-refractivity contribution >= 4 is 11.4 Å². The minimum absolute atomic E-state index is 0.398. The van der Waals surface area contributed by atoms with Gasteiger partial charge < -0.3 is 10.1 Å². The van der Waals surface area contributed by atoms with Gasteiger partial charge >= 0.3 is 0 Å². The predicted octanol–water partition coefficient (Wildman–Crippen LogP) is 16.5. The summed E-state index contributed by atoms with van der Waals surface area (Å²) in [6, 6.07) is 1.76. The Labute approximate surface area is 374 Å². The molecule has 1 heterocycles. The quantitative estimate of drug-likeness (QED) is 0.0697. The number of aliphatic imine (C=N–C) groups is 2. The molecule has 1 N–H and O–H groups in total. The minimum atomic E-state index is 0.398. The van der Waals surface area contributed by atoms with Crippen LogP contribution in [0.2, 0.25) is 0 Å². The van der Waals surface area contributed by atoms with Gasteiger partial charge in [0.15, 0.2) is 0 Å². The van der Waals surface area contributed by atoms with Crippen LogP contribution in [0.15, 0.2) is 9.98 Å². The number of hydrogen-bond donors (Lipinski definition) is 1. The van der Waals surface area contributed by atoms with Crippen molar-refractivity contribution in [1.29, 1.82) is 0 Å². The second-order valence-corrected chi connectivity index (χ2v) is 22.4. The van der Waals surface area contributed by atoms with Crippen LogP contribution in [0.4, 0.5) is 0 Å². The summed E-state index contributed by atoms with van der Waals surface area (Å²) in [5.74, 6) is 5.32. The van der Waals surface area contributed by atoms with Crippen LogP contribution >= 0.6 is 0 Å². The molecular formula is C56H103N3O. The highest BCUT2D eigenvalue weighted by atomic mass is 16.5. The molecule has 5 aliphatic rings. The van der Waals surface area contributed by atoms with E-state index in [0.717, 1.165) is 24.4 Å². The highest BCUT2D eigenvalue weighted by Crippen LogP contribution is 2.48. The van der Waals surface area contributed by atoms with Crippen molar-refractivity contribution in [2.45, 2.75) is 297 Å². The molecule has 0 bridgehead atoms. The molecule has 6 atom stereocenters. The fourth-order valence-corrected chi connectivity index (χ4v) is 13.7. The molecule has 1 aliphatic heterocycles. The molecule has 60 heavy (non-hydrogen) atoms. The van der Waals surface area contributed by atoms with Gasteiger partial charge in [0, 0.05) is 30.1 Å². The summed E-state index contributed by atoms with van der Waals surface area (Å²) in [5.41, 5.74) is 2.74. The van der Waals surface area contributed by atoms with Crippen molar-refractivity contribution in [3.8, 4) is 0 Å². The fourth-order valence-electron chi connectivity index (χ4n) is 13.7. The molecule has 0 amide bonds. The molecule has 0 aromatic heterocycles. The van der Waals surface area contributed by atoms with E-state index >= 15 is 0 Å². The average molecular weight is 834 g/mol. The third-order valence-corrected chi connectivity index (χ3v) is 17.1. The third kappa shape index (κ3) is 17.3. The van der Waals surface area contributed by atoms with Gasteiger partial charge in [-0.2, -0.15) is 0 Å². The van der Waals surface area contributed by atoms with Crippen molar-refractivity contribution in [3.63, 3.8) is 0 Å². The Morgan fingerprint density at radius 3 is 1.35 bits per heavy atom. The van der Waals surface area contributed by atoms with Crippen LogP contribution in [-0.4, -0.2) is 48.3 Å². The molecule has 4 aliphatic carbocycles. The van der Waals surface area contributed by atoms with E-state index in [4.69, 9.17) is 14.7 Å². The van der Waals surface area contributed by atoms with E-state index in [1.165, 1.54) is 236 Å². The second-order valence-electron chi connectivity index (χ2n) is 22.4. The first-order valence-electron chi connectivity index (χ1n) is 27.8.